The van der Waals surface area contributed by atoms with Gasteiger partial charge in [-0.3, -0.25) is 0 Å². The minimum Gasteiger partial charge on any atom is -0.479 e. The lowest BCUT2D eigenvalue weighted by Gasteiger charge is -2.18. The van der Waals surface area contributed by atoms with Gasteiger partial charge in [-0.25, -0.2) is 14.4 Å². The minimum atomic E-state index is -1.48. The van der Waals surface area contributed by atoms with Crippen LogP contribution in [0.5, 0.6) is 0 Å². The Bertz CT molecular complexity index is 375. The number of hydrogen-bond acceptors (Lipinski definition) is 5. The van der Waals surface area contributed by atoms with Crippen molar-refractivity contribution in [3.63, 3.8) is 0 Å². The lowest BCUT2D eigenvalue weighted by Crippen LogP contribution is -2.43. The fourth-order valence-corrected chi connectivity index (χ4v) is 1.84. The molecule has 0 bridgehead atoms. The van der Waals surface area contributed by atoms with E-state index in [0.717, 1.165) is 0 Å². The number of amides is 3. The van der Waals surface area contributed by atoms with Crippen LogP contribution in [0, 0.1) is 0 Å². The predicted molar refractivity (Wildman–Crippen MR) is 67.2 cm³/mol. The van der Waals surface area contributed by atoms with Gasteiger partial charge in [-0.15, -0.1) is 0 Å². The third-order valence-electron chi connectivity index (χ3n) is 2.96. The minimum absolute atomic E-state index is 0.0568. The molecule has 1 rings (SSSR count). The van der Waals surface area contributed by atoms with E-state index in [0.29, 0.717) is 19.5 Å². The highest BCUT2D eigenvalue weighted by atomic mass is 16.5. The van der Waals surface area contributed by atoms with Gasteiger partial charge in [-0.05, 0) is 6.42 Å². The molecule has 0 radical (unpaired) electrons. The molecule has 114 valence electrons. The van der Waals surface area contributed by atoms with Gasteiger partial charge in [0.1, 0.15) is 0 Å². The Morgan fingerprint density at radius 2 is 2.15 bits per heavy atom. The van der Waals surface area contributed by atoms with E-state index in [1.165, 1.54) is 12.0 Å². The molecule has 1 heterocycles. The van der Waals surface area contributed by atoms with E-state index in [2.05, 4.69) is 15.4 Å². The van der Waals surface area contributed by atoms with Crippen molar-refractivity contribution in [1.29, 1.82) is 0 Å². The Kier molecular flexibility index (Phi) is 6.04. The Morgan fingerprint density at radius 3 is 2.75 bits per heavy atom. The molecule has 0 aliphatic carbocycles. The number of methoxy groups -OCH3 is 1. The molecule has 1 fully saturated rings. The van der Waals surface area contributed by atoms with Crippen molar-refractivity contribution in [3.8, 4) is 0 Å². The van der Waals surface area contributed by atoms with E-state index >= 15 is 0 Å². The summed E-state index contributed by atoms with van der Waals surface area (Å²) in [5.41, 5.74) is 0. The number of nitrogens with one attached hydrogen (secondary N) is 2. The summed E-state index contributed by atoms with van der Waals surface area (Å²) in [5.74, 6) is -1.32. The highest BCUT2D eigenvalue weighted by molar-refractivity contribution is 5.75. The van der Waals surface area contributed by atoms with E-state index in [-0.39, 0.29) is 25.0 Å². The number of nitrogens with zero attached hydrogens (tertiary/aromatic N) is 1. The monoisotopic (exact) mass is 289 g/mol. The Balaban J connectivity index is 2.25. The number of ether oxygens (including phenoxy) is 1. The van der Waals surface area contributed by atoms with Crippen molar-refractivity contribution in [1.82, 2.24) is 15.5 Å². The molecule has 20 heavy (non-hydrogen) atoms. The van der Waals surface area contributed by atoms with E-state index < -0.39 is 18.2 Å². The molecular weight excluding hydrogens is 270 g/mol. The number of carboxylic acid groups (broad SMARTS) is 1. The average molecular weight is 289 g/mol. The number of likely N-dealkylation sites (tertiary alicyclic amines) is 1. The van der Waals surface area contributed by atoms with Crippen LogP contribution in [0.4, 0.5) is 9.59 Å². The average Bonchev–Trinajstić information content (AvgIpc) is 2.86. The number of carboxylic acids is 1. The second-order valence-electron chi connectivity index (χ2n) is 4.44. The number of rotatable bonds is 5. The van der Waals surface area contributed by atoms with Crippen molar-refractivity contribution in [2.45, 2.75) is 25.0 Å². The summed E-state index contributed by atoms with van der Waals surface area (Å²) < 4.78 is 4.47. The molecule has 4 N–H and O–H groups in total. The number of urea groups is 1. The first-order valence-electron chi connectivity index (χ1n) is 6.22. The van der Waals surface area contributed by atoms with E-state index in [1.54, 1.807) is 0 Å². The van der Waals surface area contributed by atoms with Gasteiger partial charge in [0.2, 0.25) is 0 Å². The first-order valence-corrected chi connectivity index (χ1v) is 6.22. The van der Waals surface area contributed by atoms with Crippen LogP contribution >= 0.6 is 0 Å². The van der Waals surface area contributed by atoms with Crippen LogP contribution in [0.2, 0.25) is 0 Å². The molecule has 3 amide bonds. The number of aliphatic carboxylic acids is 1. The van der Waals surface area contributed by atoms with Crippen LogP contribution in [-0.4, -0.2) is 72.1 Å². The lowest BCUT2D eigenvalue weighted by atomic mass is 10.2. The molecule has 0 aromatic heterocycles. The normalized spacial score (nSPS) is 19.3. The van der Waals surface area contributed by atoms with Gasteiger partial charge in [0, 0.05) is 26.1 Å². The van der Waals surface area contributed by atoms with Crippen LogP contribution in [-0.2, 0) is 9.53 Å². The quantitative estimate of drug-likeness (QED) is 0.512. The fraction of sp³-hybridized carbons (Fsp3) is 0.727. The lowest BCUT2D eigenvalue weighted by molar-refractivity contribution is -0.146. The smallest absolute Gasteiger partial charge is 0.407 e. The van der Waals surface area contributed by atoms with Gasteiger partial charge in [0.15, 0.2) is 6.10 Å². The second-order valence-corrected chi connectivity index (χ2v) is 4.44. The molecule has 0 aromatic carbocycles. The fourth-order valence-electron chi connectivity index (χ4n) is 1.84. The van der Waals surface area contributed by atoms with Gasteiger partial charge in [-0.2, -0.15) is 0 Å². The Hall–Kier alpha value is -2.03. The molecule has 2 atom stereocenters. The Morgan fingerprint density at radius 1 is 1.45 bits per heavy atom. The summed E-state index contributed by atoms with van der Waals surface area (Å²) in [7, 11) is 1.27. The van der Waals surface area contributed by atoms with Crippen LogP contribution in [0.15, 0.2) is 0 Å². The van der Waals surface area contributed by atoms with Gasteiger partial charge >= 0.3 is 18.1 Å². The van der Waals surface area contributed by atoms with Crippen molar-refractivity contribution in [3.05, 3.63) is 0 Å². The van der Waals surface area contributed by atoms with Crippen LogP contribution in [0.3, 0.4) is 0 Å². The van der Waals surface area contributed by atoms with Crippen LogP contribution in [0.25, 0.3) is 0 Å². The van der Waals surface area contributed by atoms with Crippen LogP contribution in [0.1, 0.15) is 12.8 Å². The molecule has 2 unspecified atom stereocenters. The van der Waals surface area contributed by atoms with Gasteiger partial charge in [0.25, 0.3) is 0 Å². The molecule has 1 aliphatic heterocycles. The number of aliphatic hydroxyl groups excluding tert-OH is 1. The molecule has 0 saturated carbocycles. The first-order chi connectivity index (χ1) is 9.43. The number of carbonyl (C=O) groups is 3. The zero-order valence-corrected chi connectivity index (χ0v) is 11.2. The highest BCUT2D eigenvalue weighted by Crippen LogP contribution is 2.09. The first kappa shape index (κ1) is 16.0. The second kappa shape index (κ2) is 7.53. The summed E-state index contributed by atoms with van der Waals surface area (Å²) in [5, 5.41) is 22.6. The number of alkyl carbamates (subject to hydrolysis) is 1. The molecule has 1 aliphatic rings. The van der Waals surface area contributed by atoms with E-state index in [4.69, 9.17) is 10.2 Å². The summed E-state index contributed by atoms with van der Waals surface area (Å²) in [6.45, 7) is 0.919. The molecule has 1 saturated heterocycles. The van der Waals surface area contributed by atoms with Gasteiger partial charge in [0.05, 0.1) is 13.2 Å². The largest absolute Gasteiger partial charge is 0.479 e. The molecule has 0 spiro atoms. The van der Waals surface area contributed by atoms with Crippen LogP contribution < -0.4 is 10.6 Å². The van der Waals surface area contributed by atoms with Gasteiger partial charge < -0.3 is 30.5 Å². The third kappa shape index (κ3) is 4.92. The summed E-state index contributed by atoms with van der Waals surface area (Å²) in [6.07, 6.45) is -1.46. The van der Waals surface area contributed by atoms with E-state index in [9.17, 15) is 14.4 Å². The van der Waals surface area contributed by atoms with Crippen molar-refractivity contribution in [2.24, 2.45) is 0 Å². The van der Waals surface area contributed by atoms with E-state index in [1.807, 2.05) is 0 Å². The SMILES string of the molecule is COC(=O)NC1CCN(C(=O)NCCC(O)C(=O)O)C1. The molecular formula is C11H19N3O6. The van der Waals surface area contributed by atoms with Gasteiger partial charge in [-0.1, -0.05) is 0 Å². The maximum atomic E-state index is 11.7. The molecule has 0 aromatic rings. The molecule has 9 nitrogen and oxygen atoms in total. The number of aliphatic hydroxyl groups is 1. The number of carbonyl (C=O) groups excluding carboxylic acids is 2. The van der Waals surface area contributed by atoms with Crippen molar-refractivity contribution < 1.29 is 29.3 Å². The molecule has 9 heteroatoms. The van der Waals surface area contributed by atoms with Crippen molar-refractivity contribution in [2.75, 3.05) is 26.7 Å². The summed E-state index contributed by atoms with van der Waals surface area (Å²) in [4.78, 5) is 34.6. The maximum absolute atomic E-state index is 11.7. The Labute approximate surface area is 115 Å². The third-order valence-corrected chi connectivity index (χ3v) is 2.96. The zero-order chi connectivity index (χ0) is 15.1. The summed E-state index contributed by atoms with van der Waals surface area (Å²) in [6, 6.07) is -0.505. The summed E-state index contributed by atoms with van der Waals surface area (Å²) >= 11 is 0. The maximum Gasteiger partial charge on any atom is 0.407 e. The standard InChI is InChI=1S/C11H19N3O6/c1-20-11(19)13-7-3-5-14(6-7)10(18)12-4-2-8(15)9(16)17/h7-8,15H,2-6H2,1H3,(H,12,18)(H,13,19)(H,16,17). The number of hydrogen-bond donors (Lipinski definition) is 4. The topological polar surface area (TPSA) is 128 Å². The highest BCUT2D eigenvalue weighted by Gasteiger charge is 2.27. The van der Waals surface area contributed by atoms with Crippen molar-refractivity contribution >= 4 is 18.1 Å². The zero-order valence-electron chi connectivity index (χ0n) is 11.2. The predicted octanol–water partition coefficient (Wildman–Crippen LogP) is -1.04.